The van der Waals surface area contributed by atoms with Crippen LogP contribution in [0.25, 0.3) is 16.6 Å². The molecule has 0 spiro atoms. The molecule has 0 aliphatic carbocycles. The van der Waals surface area contributed by atoms with E-state index in [1.807, 2.05) is 36.5 Å². The highest BCUT2D eigenvalue weighted by molar-refractivity contribution is 5.68. The van der Waals surface area contributed by atoms with Crippen LogP contribution in [0.5, 0.6) is 0 Å². The van der Waals surface area contributed by atoms with Gasteiger partial charge in [-0.25, -0.2) is 0 Å². The Labute approximate surface area is 88.6 Å². The van der Waals surface area contributed by atoms with E-state index in [2.05, 4.69) is 34.9 Å². The summed E-state index contributed by atoms with van der Waals surface area (Å²) in [6.45, 7) is 0. The highest BCUT2D eigenvalue weighted by atomic mass is 14.8. The third-order valence-electron chi connectivity index (χ3n) is 2.51. The Morgan fingerprint density at radius 3 is 2.47 bits per heavy atom. The Morgan fingerprint density at radius 2 is 1.67 bits per heavy atom. The smallest absolute Gasteiger partial charge is 0.0535 e. The van der Waals surface area contributed by atoms with Gasteiger partial charge in [-0.2, -0.15) is 0 Å². The summed E-state index contributed by atoms with van der Waals surface area (Å²) in [5, 5.41) is 0. The summed E-state index contributed by atoms with van der Waals surface area (Å²) in [5.74, 6) is 0. The topological polar surface area (TPSA) is 4.41 Å². The summed E-state index contributed by atoms with van der Waals surface area (Å²) < 4.78 is 2.09. The van der Waals surface area contributed by atoms with Gasteiger partial charge in [-0.1, -0.05) is 36.4 Å². The van der Waals surface area contributed by atoms with Crippen molar-refractivity contribution in [3.8, 4) is 11.1 Å². The van der Waals surface area contributed by atoms with Crippen LogP contribution in [0.15, 0.2) is 60.9 Å². The summed E-state index contributed by atoms with van der Waals surface area (Å²) in [5.41, 5.74) is 3.46. The quantitative estimate of drug-likeness (QED) is 0.556. The van der Waals surface area contributed by atoms with E-state index in [0.29, 0.717) is 0 Å². The number of hydrogen-bond donors (Lipinski definition) is 0. The maximum absolute atomic E-state index is 3.37. The van der Waals surface area contributed by atoms with Gasteiger partial charge in [0.2, 0.25) is 0 Å². The van der Waals surface area contributed by atoms with Crippen LogP contribution in [0.3, 0.4) is 0 Å². The standard InChI is InChI=1S/C14H10N/c1-2-6-12(7-3-1)13-10-14-8-4-5-9-15(14)11-13/h1-9,11H. The molecule has 2 aromatic heterocycles. The predicted molar refractivity (Wildman–Crippen MR) is 61.7 cm³/mol. The highest BCUT2D eigenvalue weighted by Crippen LogP contribution is 2.21. The summed E-state index contributed by atoms with van der Waals surface area (Å²) in [6, 6.07) is 19.8. The number of aromatic nitrogens is 1. The van der Waals surface area contributed by atoms with Gasteiger partial charge in [0.25, 0.3) is 0 Å². The van der Waals surface area contributed by atoms with Gasteiger partial charge < -0.3 is 4.40 Å². The van der Waals surface area contributed by atoms with Crippen LogP contribution in [0.1, 0.15) is 0 Å². The molecule has 0 saturated heterocycles. The van der Waals surface area contributed by atoms with E-state index in [0.717, 1.165) is 11.1 Å². The van der Waals surface area contributed by atoms with E-state index >= 15 is 0 Å². The maximum atomic E-state index is 3.37. The van der Waals surface area contributed by atoms with Crippen LogP contribution in [-0.4, -0.2) is 4.40 Å². The van der Waals surface area contributed by atoms with Crippen molar-refractivity contribution in [2.24, 2.45) is 0 Å². The molecular formula is C14H10N. The Morgan fingerprint density at radius 1 is 0.867 bits per heavy atom. The van der Waals surface area contributed by atoms with Crippen molar-refractivity contribution in [2.75, 3.05) is 0 Å². The molecule has 0 N–H and O–H groups in total. The Balaban J connectivity index is 2.21. The fourth-order valence-corrected chi connectivity index (χ4v) is 1.75. The number of hydrogen-bond acceptors (Lipinski definition) is 0. The lowest BCUT2D eigenvalue weighted by Gasteiger charge is -1.93. The van der Waals surface area contributed by atoms with Gasteiger partial charge >= 0.3 is 0 Å². The average molecular weight is 192 g/mol. The van der Waals surface area contributed by atoms with E-state index in [4.69, 9.17) is 0 Å². The normalized spacial score (nSPS) is 10.7. The zero-order chi connectivity index (χ0) is 10.1. The average Bonchev–Trinajstić information content (AvgIpc) is 2.74. The number of rotatable bonds is 1. The summed E-state index contributed by atoms with van der Waals surface area (Å²) >= 11 is 0. The van der Waals surface area contributed by atoms with E-state index in [1.165, 1.54) is 5.56 Å². The molecule has 0 aliphatic rings. The van der Waals surface area contributed by atoms with Gasteiger partial charge in [-0.05, 0) is 17.7 Å². The van der Waals surface area contributed by atoms with Crippen LogP contribution in [0, 0.1) is 6.07 Å². The molecule has 3 aromatic rings. The van der Waals surface area contributed by atoms with Gasteiger partial charge in [0, 0.05) is 24.0 Å². The fraction of sp³-hybridized carbons (Fsp3) is 0. The van der Waals surface area contributed by atoms with Crippen LogP contribution >= 0.6 is 0 Å². The molecule has 1 nitrogen and oxygen atoms in total. The first-order chi connectivity index (χ1) is 7.43. The third-order valence-corrected chi connectivity index (χ3v) is 2.51. The van der Waals surface area contributed by atoms with Crippen molar-refractivity contribution in [3.05, 3.63) is 67.0 Å². The molecule has 0 bridgehead atoms. The molecule has 0 saturated carbocycles. The first-order valence-corrected chi connectivity index (χ1v) is 4.98. The molecule has 1 heteroatoms. The van der Waals surface area contributed by atoms with Gasteiger partial charge in [0.05, 0.1) is 5.52 Å². The van der Waals surface area contributed by atoms with Crippen LogP contribution in [0.4, 0.5) is 0 Å². The molecule has 0 fully saturated rings. The first kappa shape index (κ1) is 8.30. The van der Waals surface area contributed by atoms with Gasteiger partial charge in [0.15, 0.2) is 0 Å². The highest BCUT2D eigenvalue weighted by Gasteiger charge is 2.00. The van der Waals surface area contributed by atoms with Crippen molar-refractivity contribution in [3.63, 3.8) is 0 Å². The molecule has 71 valence electrons. The minimum atomic E-state index is 1.11. The van der Waals surface area contributed by atoms with Gasteiger partial charge in [0.1, 0.15) is 0 Å². The van der Waals surface area contributed by atoms with Crippen molar-refractivity contribution in [2.45, 2.75) is 0 Å². The van der Waals surface area contributed by atoms with E-state index in [-0.39, 0.29) is 0 Å². The molecule has 1 aromatic carbocycles. The first-order valence-electron chi connectivity index (χ1n) is 4.98. The second-order valence-corrected chi connectivity index (χ2v) is 3.53. The van der Waals surface area contributed by atoms with Crippen molar-refractivity contribution >= 4 is 5.52 Å². The zero-order valence-corrected chi connectivity index (χ0v) is 8.22. The maximum Gasteiger partial charge on any atom is 0.0535 e. The van der Waals surface area contributed by atoms with E-state index in [9.17, 15) is 0 Å². The number of nitrogens with zero attached hydrogens (tertiary/aromatic N) is 1. The molecular weight excluding hydrogens is 182 g/mol. The minimum Gasteiger partial charge on any atom is -0.323 e. The molecule has 0 atom stereocenters. The molecule has 15 heavy (non-hydrogen) atoms. The van der Waals surface area contributed by atoms with Crippen LogP contribution < -0.4 is 0 Å². The summed E-state index contributed by atoms with van der Waals surface area (Å²) in [4.78, 5) is 0. The number of fused-ring (bicyclic) bond motifs is 1. The lowest BCUT2D eigenvalue weighted by molar-refractivity contribution is 1.20. The molecule has 2 heterocycles. The summed E-state index contributed by atoms with van der Waals surface area (Å²) in [6.07, 6.45) is 4.14. The fourth-order valence-electron chi connectivity index (χ4n) is 1.75. The van der Waals surface area contributed by atoms with Crippen LogP contribution in [0.2, 0.25) is 0 Å². The minimum absolute atomic E-state index is 1.11. The Hall–Kier alpha value is -2.02. The molecule has 0 aliphatic heterocycles. The third kappa shape index (κ3) is 1.42. The van der Waals surface area contributed by atoms with Crippen molar-refractivity contribution in [1.29, 1.82) is 0 Å². The predicted octanol–water partition coefficient (Wildman–Crippen LogP) is 3.41. The van der Waals surface area contributed by atoms with Crippen LogP contribution in [-0.2, 0) is 0 Å². The lowest BCUT2D eigenvalue weighted by atomic mass is 10.1. The van der Waals surface area contributed by atoms with Gasteiger partial charge in [-0.3, -0.25) is 0 Å². The Kier molecular flexibility index (Phi) is 1.82. The molecule has 3 rings (SSSR count). The van der Waals surface area contributed by atoms with Crippen molar-refractivity contribution < 1.29 is 0 Å². The second-order valence-electron chi connectivity index (χ2n) is 3.53. The summed E-state index contributed by atoms with van der Waals surface area (Å²) in [7, 11) is 0. The SMILES string of the molecule is [c]1c(-c2ccccc2)cn2ccccc12. The monoisotopic (exact) mass is 192 g/mol. The molecule has 0 amide bonds. The van der Waals surface area contributed by atoms with E-state index < -0.39 is 0 Å². The van der Waals surface area contributed by atoms with E-state index in [1.54, 1.807) is 0 Å². The van der Waals surface area contributed by atoms with Crippen molar-refractivity contribution in [1.82, 2.24) is 4.40 Å². The Bertz CT molecular complexity index is 545. The molecule has 1 radical (unpaired) electrons. The largest absolute Gasteiger partial charge is 0.323 e. The van der Waals surface area contributed by atoms with Gasteiger partial charge in [-0.15, -0.1) is 0 Å². The second kappa shape index (κ2) is 3.28. The zero-order valence-electron chi connectivity index (χ0n) is 8.22. The lowest BCUT2D eigenvalue weighted by Crippen LogP contribution is -1.76. The molecule has 0 unspecified atom stereocenters. The number of pyridine rings is 1. The number of benzene rings is 1.